The minimum Gasteiger partial charge on any atom is -0.436 e. The zero-order valence-corrected chi connectivity index (χ0v) is 25.5. The van der Waals surface area contributed by atoms with E-state index in [4.69, 9.17) is 19.4 Å². The van der Waals surface area contributed by atoms with Crippen molar-refractivity contribution in [3.8, 4) is 34.0 Å². The normalized spacial score (nSPS) is 12.0. The van der Waals surface area contributed by atoms with E-state index in [1.807, 2.05) is 48.5 Å². The van der Waals surface area contributed by atoms with E-state index < -0.39 is 0 Å². The Morgan fingerprint density at radius 2 is 1.04 bits per heavy atom. The van der Waals surface area contributed by atoms with Gasteiger partial charge in [-0.3, -0.25) is 0 Å². The second-order valence-electron chi connectivity index (χ2n) is 11.8. The van der Waals surface area contributed by atoms with Gasteiger partial charge >= 0.3 is 0 Å². The van der Waals surface area contributed by atoms with Gasteiger partial charge in [-0.25, -0.2) is 15.0 Å². The van der Waals surface area contributed by atoms with Gasteiger partial charge in [-0.15, -0.1) is 0 Å². The zero-order valence-electron chi connectivity index (χ0n) is 25.5. The van der Waals surface area contributed by atoms with Crippen molar-refractivity contribution in [3.63, 3.8) is 0 Å². The fourth-order valence-electron chi connectivity index (χ4n) is 6.17. The number of para-hydroxylation sites is 2. The van der Waals surface area contributed by atoms with Crippen molar-refractivity contribution < 1.29 is 4.42 Å². The van der Waals surface area contributed by atoms with Crippen LogP contribution in [-0.2, 0) is 6.42 Å². The van der Waals surface area contributed by atoms with E-state index in [1.54, 1.807) is 0 Å². The topological polar surface area (TPSA) is 51.8 Å². The van der Waals surface area contributed by atoms with Crippen molar-refractivity contribution in [2.45, 2.75) is 19.3 Å². The average Bonchev–Trinajstić information content (AvgIpc) is 3.54. The fraction of sp³-hybridized carbons (Fsp3) is 0.0714. The van der Waals surface area contributed by atoms with Gasteiger partial charge in [-0.2, -0.15) is 0 Å². The van der Waals surface area contributed by atoms with E-state index in [1.165, 1.54) is 22.3 Å². The van der Waals surface area contributed by atoms with Gasteiger partial charge in [0.15, 0.2) is 5.58 Å². The van der Waals surface area contributed by atoms with E-state index in [0.29, 0.717) is 5.89 Å². The molecule has 2 heterocycles. The van der Waals surface area contributed by atoms with Gasteiger partial charge in [0.25, 0.3) is 0 Å². The van der Waals surface area contributed by atoms with Crippen LogP contribution in [0, 0.1) is 6.92 Å². The molecule has 220 valence electrons. The summed E-state index contributed by atoms with van der Waals surface area (Å²) in [6.07, 6.45) is 0.882. The molecule has 46 heavy (non-hydrogen) atoms. The highest BCUT2D eigenvalue weighted by atomic mass is 16.3. The number of aromatic nitrogens is 3. The second kappa shape index (κ2) is 11.9. The summed E-state index contributed by atoms with van der Waals surface area (Å²) in [4.78, 5) is 14.9. The standard InChI is InChI=1S/C42H31N3O/c1-28-16-25-39-38(26-28)45-42(46-39)34-23-19-31(20-24-34)35(27-29-10-4-2-5-11-29)30-17-21-33(22-18-30)41-40(32-12-6-3-7-13-32)43-36-14-8-9-15-37(36)44-41/h2-26,35H,27H2,1H3/t35-/m1/s1. The van der Waals surface area contributed by atoms with Crippen molar-refractivity contribution in [2.24, 2.45) is 0 Å². The molecule has 0 fully saturated rings. The van der Waals surface area contributed by atoms with Gasteiger partial charge in [0.1, 0.15) is 5.52 Å². The number of aryl methyl sites for hydroxylation is 1. The van der Waals surface area contributed by atoms with E-state index in [9.17, 15) is 0 Å². The summed E-state index contributed by atoms with van der Waals surface area (Å²) in [7, 11) is 0. The first-order chi connectivity index (χ1) is 22.7. The van der Waals surface area contributed by atoms with Crippen LogP contribution in [0.2, 0.25) is 0 Å². The molecule has 2 aromatic heterocycles. The van der Waals surface area contributed by atoms with Crippen molar-refractivity contribution in [3.05, 3.63) is 174 Å². The van der Waals surface area contributed by atoms with Crippen LogP contribution in [-0.4, -0.2) is 15.0 Å². The molecule has 0 aliphatic carbocycles. The molecule has 0 amide bonds. The first-order valence-electron chi connectivity index (χ1n) is 15.6. The molecule has 0 bridgehead atoms. The number of fused-ring (bicyclic) bond motifs is 2. The lowest BCUT2D eigenvalue weighted by Crippen LogP contribution is -2.05. The Labute approximate surface area is 268 Å². The smallest absolute Gasteiger partial charge is 0.227 e. The Bertz CT molecular complexity index is 2270. The van der Waals surface area contributed by atoms with Gasteiger partial charge in [-0.1, -0.05) is 115 Å². The quantitative estimate of drug-likeness (QED) is 0.184. The molecule has 0 aliphatic rings. The van der Waals surface area contributed by atoms with Gasteiger partial charge in [0, 0.05) is 22.6 Å². The third-order valence-electron chi connectivity index (χ3n) is 8.59. The largest absolute Gasteiger partial charge is 0.436 e. The molecular weight excluding hydrogens is 562 g/mol. The molecule has 0 N–H and O–H groups in total. The molecule has 6 aromatic carbocycles. The average molecular weight is 594 g/mol. The van der Waals surface area contributed by atoms with Gasteiger partial charge < -0.3 is 4.42 Å². The zero-order chi connectivity index (χ0) is 30.9. The highest BCUT2D eigenvalue weighted by Crippen LogP contribution is 2.35. The molecule has 0 saturated carbocycles. The molecule has 0 unspecified atom stereocenters. The maximum atomic E-state index is 6.09. The van der Waals surface area contributed by atoms with Crippen molar-refractivity contribution >= 4 is 22.1 Å². The number of nitrogens with zero attached hydrogens (tertiary/aromatic N) is 3. The van der Waals surface area contributed by atoms with Crippen LogP contribution < -0.4 is 0 Å². The van der Waals surface area contributed by atoms with Crippen LogP contribution in [0.3, 0.4) is 0 Å². The highest BCUT2D eigenvalue weighted by Gasteiger charge is 2.18. The number of hydrogen-bond acceptors (Lipinski definition) is 4. The Balaban J connectivity index is 1.17. The van der Waals surface area contributed by atoms with Gasteiger partial charge in [-0.05, 0) is 72.0 Å². The number of oxazole rings is 1. The van der Waals surface area contributed by atoms with Crippen LogP contribution in [0.25, 0.3) is 56.1 Å². The number of benzene rings is 6. The Hall–Kier alpha value is -5.87. The van der Waals surface area contributed by atoms with E-state index in [2.05, 4.69) is 110 Å². The van der Waals surface area contributed by atoms with Gasteiger partial charge in [0.2, 0.25) is 5.89 Å². The summed E-state index contributed by atoms with van der Waals surface area (Å²) in [6, 6.07) is 52.7. The Morgan fingerprint density at radius 1 is 0.500 bits per heavy atom. The third-order valence-corrected chi connectivity index (χ3v) is 8.59. The number of rotatable bonds is 7. The Kier molecular flexibility index (Phi) is 7.16. The number of hydrogen-bond donors (Lipinski definition) is 0. The summed E-state index contributed by atoms with van der Waals surface area (Å²) >= 11 is 0. The third kappa shape index (κ3) is 5.46. The van der Waals surface area contributed by atoms with E-state index >= 15 is 0 Å². The molecule has 0 aliphatic heterocycles. The molecule has 4 heteroatoms. The lowest BCUT2D eigenvalue weighted by Gasteiger charge is -2.19. The summed E-state index contributed by atoms with van der Waals surface area (Å²) in [5.41, 5.74) is 13.2. The van der Waals surface area contributed by atoms with Crippen LogP contribution in [0.15, 0.2) is 156 Å². The second-order valence-corrected chi connectivity index (χ2v) is 11.8. The van der Waals surface area contributed by atoms with Crippen LogP contribution in [0.1, 0.15) is 28.2 Å². The summed E-state index contributed by atoms with van der Waals surface area (Å²) in [5, 5.41) is 0. The van der Waals surface area contributed by atoms with Crippen LogP contribution in [0.5, 0.6) is 0 Å². The monoisotopic (exact) mass is 593 g/mol. The van der Waals surface area contributed by atoms with E-state index in [-0.39, 0.29) is 5.92 Å². The maximum Gasteiger partial charge on any atom is 0.227 e. The molecule has 4 nitrogen and oxygen atoms in total. The first-order valence-corrected chi connectivity index (χ1v) is 15.6. The van der Waals surface area contributed by atoms with Crippen molar-refractivity contribution in [1.82, 2.24) is 15.0 Å². The van der Waals surface area contributed by atoms with Crippen molar-refractivity contribution in [1.29, 1.82) is 0 Å². The van der Waals surface area contributed by atoms with E-state index in [0.717, 1.165) is 56.6 Å². The first kappa shape index (κ1) is 27.7. The lowest BCUT2D eigenvalue weighted by molar-refractivity contribution is 0.619. The lowest BCUT2D eigenvalue weighted by atomic mass is 9.85. The predicted octanol–water partition coefficient (Wildman–Crippen LogP) is 10.5. The summed E-state index contributed by atoms with van der Waals surface area (Å²) < 4.78 is 6.09. The summed E-state index contributed by atoms with van der Waals surface area (Å²) in [5.74, 6) is 0.801. The van der Waals surface area contributed by atoms with Crippen molar-refractivity contribution in [2.75, 3.05) is 0 Å². The molecule has 0 radical (unpaired) electrons. The highest BCUT2D eigenvalue weighted by molar-refractivity contribution is 5.86. The molecule has 8 aromatic rings. The molecular formula is C42H31N3O. The molecule has 1 atom stereocenters. The van der Waals surface area contributed by atoms with Gasteiger partial charge in [0.05, 0.1) is 22.4 Å². The molecule has 0 saturated heterocycles. The maximum absolute atomic E-state index is 6.09. The fourth-order valence-corrected chi connectivity index (χ4v) is 6.17. The molecule has 0 spiro atoms. The Morgan fingerprint density at radius 3 is 1.67 bits per heavy atom. The van der Waals surface area contributed by atoms with Crippen LogP contribution >= 0.6 is 0 Å². The van der Waals surface area contributed by atoms with Crippen LogP contribution in [0.4, 0.5) is 0 Å². The minimum atomic E-state index is 0.160. The molecule has 8 rings (SSSR count). The SMILES string of the molecule is Cc1ccc2oc(-c3ccc([C@H](Cc4ccccc4)c4ccc(-c5nc6ccccc6nc5-c5ccccc5)cc4)cc3)nc2c1. The predicted molar refractivity (Wildman–Crippen MR) is 187 cm³/mol. The summed E-state index contributed by atoms with van der Waals surface area (Å²) in [6.45, 7) is 2.07. The minimum absolute atomic E-state index is 0.160.